The van der Waals surface area contributed by atoms with Gasteiger partial charge >= 0.3 is 0 Å². The van der Waals surface area contributed by atoms with Gasteiger partial charge in [0.15, 0.2) is 11.5 Å². The largest absolute Gasteiger partial charge is 0.493 e. The van der Waals surface area contributed by atoms with Crippen molar-refractivity contribution in [1.82, 2.24) is 0 Å². The zero-order chi connectivity index (χ0) is 17.8. The highest BCUT2D eigenvalue weighted by Gasteiger charge is 2.56. The van der Waals surface area contributed by atoms with Crippen LogP contribution in [0.1, 0.15) is 64.0 Å². The second-order valence-electron chi connectivity index (χ2n) is 9.07. The van der Waals surface area contributed by atoms with Crippen molar-refractivity contribution in [2.45, 2.75) is 58.3 Å². The molecule has 3 aliphatic carbocycles. The topological polar surface area (TPSA) is 18.5 Å². The smallest absolute Gasteiger partial charge is 0.161 e. The van der Waals surface area contributed by atoms with Crippen LogP contribution in [0.25, 0.3) is 6.08 Å². The Morgan fingerprint density at radius 3 is 2.44 bits per heavy atom. The molecule has 1 aromatic carbocycles. The van der Waals surface area contributed by atoms with Crippen LogP contribution < -0.4 is 9.47 Å². The maximum atomic E-state index is 5.63. The summed E-state index contributed by atoms with van der Waals surface area (Å²) >= 11 is 0. The van der Waals surface area contributed by atoms with Crippen LogP contribution in [0.15, 0.2) is 18.2 Å². The Hall–Kier alpha value is -1.44. The summed E-state index contributed by atoms with van der Waals surface area (Å²) < 4.78 is 11.2. The third kappa shape index (κ3) is 2.29. The highest BCUT2D eigenvalue weighted by Crippen LogP contribution is 2.63. The van der Waals surface area contributed by atoms with Crippen LogP contribution in [0.5, 0.6) is 11.5 Å². The van der Waals surface area contributed by atoms with Gasteiger partial charge in [-0.15, -0.1) is 0 Å². The predicted octanol–water partition coefficient (Wildman–Crippen LogP) is 5.84. The van der Waals surface area contributed by atoms with E-state index in [1.165, 1.54) is 43.2 Å². The number of benzene rings is 1. The second kappa shape index (κ2) is 5.79. The Bertz CT molecular complexity index is 706. The van der Waals surface area contributed by atoms with E-state index in [0.717, 1.165) is 23.3 Å². The molecule has 0 N–H and O–H groups in total. The minimum absolute atomic E-state index is 0.200. The van der Waals surface area contributed by atoms with Crippen LogP contribution in [0.3, 0.4) is 0 Å². The monoisotopic (exact) mass is 340 g/mol. The van der Waals surface area contributed by atoms with Crippen molar-refractivity contribution in [1.29, 1.82) is 0 Å². The Morgan fingerprint density at radius 2 is 1.72 bits per heavy atom. The Labute approximate surface area is 152 Å². The normalized spacial score (nSPS) is 39.2. The summed E-state index contributed by atoms with van der Waals surface area (Å²) in [5.74, 6) is 4.04. The number of hydrogen-bond donors (Lipinski definition) is 0. The number of hydrogen-bond acceptors (Lipinski definition) is 2. The Balaban J connectivity index is 1.83. The Morgan fingerprint density at radius 1 is 1.00 bits per heavy atom. The summed E-state index contributed by atoms with van der Waals surface area (Å²) in [7, 11) is 3.46. The fourth-order valence-corrected chi connectivity index (χ4v) is 6.64. The van der Waals surface area contributed by atoms with Gasteiger partial charge in [0.1, 0.15) is 0 Å². The minimum atomic E-state index is 0.200. The van der Waals surface area contributed by atoms with E-state index < -0.39 is 0 Å². The molecule has 5 unspecified atom stereocenters. The van der Waals surface area contributed by atoms with Gasteiger partial charge in [0, 0.05) is 5.41 Å². The average molecular weight is 341 g/mol. The van der Waals surface area contributed by atoms with Gasteiger partial charge < -0.3 is 9.47 Å². The van der Waals surface area contributed by atoms with Crippen molar-refractivity contribution in [2.75, 3.05) is 14.2 Å². The average Bonchev–Trinajstić information content (AvgIpc) is 2.60. The number of methoxy groups -OCH3 is 2. The standard InChI is InChI=1S/C23H32O2/c1-15-7-6-11-22(2)17(15)10-12-23(3)18-14-20(25-5)19(24-4)13-16(18)8-9-21(22)23/h8-9,13-15,17,21H,6-7,10-12H2,1-5H3. The van der Waals surface area contributed by atoms with Crippen molar-refractivity contribution < 1.29 is 9.47 Å². The Kier molecular flexibility index (Phi) is 3.94. The van der Waals surface area contributed by atoms with Gasteiger partial charge in [-0.1, -0.05) is 45.8 Å². The third-order valence-corrected chi connectivity index (χ3v) is 7.92. The molecule has 25 heavy (non-hydrogen) atoms. The lowest BCUT2D eigenvalue weighted by molar-refractivity contribution is -0.0497. The molecule has 0 aromatic heterocycles. The first-order chi connectivity index (χ1) is 11.9. The fraction of sp³-hybridized carbons (Fsp3) is 0.652. The first-order valence-electron chi connectivity index (χ1n) is 9.89. The molecule has 0 radical (unpaired) electrons. The lowest BCUT2D eigenvalue weighted by Gasteiger charge is -2.60. The third-order valence-electron chi connectivity index (χ3n) is 7.92. The van der Waals surface area contributed by atoms with Gasteiger partial charge in [-0.3, -0.25) is 0 Å². The van der Waals surface area contributed by atoms with E-state index in [0.29, 0.717) is 11.3 Å². The first-order valence-corrected chi connectivity index (χ1v) is 9.89. The molecule has 0 bridgehead atoms. The molecule has 2 heteroatoms. The van der Waals surface area contributed by atoms with E-state index in [4.69, 9.17) is 9.47 Å². The van der Waals surface area contributed by atoms with Crippen LogP contribution in [0.4, 0.5) is 0 Å². The van der Waals surface area contributed by atoms with Gasteiger partial charge in [-0.05, 0) is 65.7 Å². The molecule has 0 amide bonds. The molecule has 0 heterocycles. The van der Waals surface area contributed by atoms with Crippen molar-refractivity contribution in [3.05, 3.63) is 29.3 Å². The maximum absolute atomic E-state index is 5.63. The molecule has 2 saturated carbocycles. The van der Waals surface area contributed by atoms with E-state index in [9.17, 15) is 0 Å². The van der Waals surface area contributed by atoms with Gasteiger partial charge in [-0.2, -0.15) is 0 Å². The molecule has 4 rings (SSSR count). The van der Waals surface area contributed by atoms with Crippen LogP contribution in [-0.2, 0) is 5.41 Å². The fourth-order valence-electron chi connectivity index (χ4n) is 6.64. The lowest BCUT2D eigenvalue weighted by Crippen LogP contribution is -2.54. The van der Waals surface area contributed by atoms with Gasteiger partial charge in [0.25, 0.3) is 0 Å². The van der Waals surface area contributed by atoms with E-state index in [-0.39, 0.29) is 5.41 Å². The zero-order valence-electron chi connectivity index (χ0n) is 16.4. The van der Waals surface area contributed by atoms with Crippen molar-refractivity contribution in [2.24, 2.45) is 23.2 Å². The molecule has 3 aliphatic rings. The predicted molar refractivity (Wildman–Crippen MR) is 103 cm³/mol. The van der Waals surface area contributed by atoms with Gasteiger partial charge in [0.2, 0.25) is 0 Å². The van der Waals surface area contributed by atoms with E-state index in [1.807, 2.05) is 0 Å². The number of rotatable bonds is 2. The van der Waals surface area contributed by atoms with Gasteiger partial charge in [-0.25, -0.2) is 0 Å². The van der Waals surface area contributed by atoms with E-state index in [1.54, 1.807) is 14.2 Å². The molecule has 2 fully saturated rings. The van der Waals surface area contributed by atoms with Gasteiger partial charge in [0.05, 0.1) is 14.2 Å². The molecular weight excluding hydrogens is 308 g/mol. The summed E-state index contributed by atoms with van der Waals surface area (Å²) in [5, 5.41) is 0. The molecule has 0 spiro atoms. The summed E-state index contributed by atoms with van der Waals surface area (Å²) in [6.07, 6.45) is 11.7. The first kappa shape index (κ1) is 17.0. The van der Waals surface area contributed by atoms with Crippen LogP contribution in [-0.4, -0.2) is 14.2 Å². The molecule has 0 aliphatic heterocycles. The second-order valence-corrected chi connectivity index (χ2v) is 9.07. The molecule has 5 atom stereocenters. The van der Waals surface area contributed by atoms with E-state index in [2.05, 4.69) is 45.1 Å². The van der Waals surface area contributed by atoms with Crippen molar-refractivity contribution in [3.63, 3.8) is 0 Å². The lowest BCUT2D eigenvalue weighted by atomic mass is 9.44. The quantitative estimate of drug-likeness (QED) is 0.673. The highest BCUT2D eigenvalue weighted by atomic mass is 16.5. The molecule has 0 saturated heterocycles. The molecular formula is C23H32O2. The number of allylic oxidation sites excluding steroid dienone is 1. The summed E-state index contributed by atoms with van der Waals surface area (Å²) in [5.41, 5.74) is 3.38. The van der Waals surface area contributed by atoms with E-state index >= 15 is 0 Å². The number of ether oxygens (including phenoxy) is 2. The van der Waals surface area contributed by atoms with Crippen LogP contribution in [0.2, 0.25) is 0 Å². The highest BCUT2D eigenvalue weighted by molar-refractivity contribution is 5.65. The van der Waals surface area contributed by atoms with Crippen LogP contribution >= 0.6 is 0 Å². The molecule has 1 aromatic rings. The summed E-state index contributed by atoms with van der Waals surface area (Å²) in [4.78, 5) is 0. The summed E-state index contributed by atoms with van der Waals surface area (Å²) in [6.45, 7) is 7.55. The number of fused-ring (bicyclic) bond motifs is 5. The molecule has 136 valence electrons. The SMILES string of the molecule is COc1cc2c(cc1OC)C1(C)CCC3C(C)CCCC3(C)C1C=C2. The van der Waals surface area contributed by atoms with Crippen molar-refractivity contribution in [3.8, 4) is 11.5 Å². The zero-order valence-corrected chi connectivity index (χ0v) is 16.4. The van der Waals surface area contributed by atoms with Crippen LogP contribution in [0, 0.1) is 23.2 Å². The molecule has 2 nitrogen and oxygen atoms in total. The summed E-state index contributed by atoms with van der Waals surface area (Å²) in [6, 6.07) is 4.41. The van der Waals surface area contributed by atoms with Crippen molar-refractivity contribution >= 4 is 6.08 Å². The maximum Gasteiger partial charge on any atom is 0.161 e. The minimum Gasteiger partial charge on any atom is -0.493 e.